The number of aromatic nitrogens is 1. The van der Waals surface area contributed by atoms with Crippen molar-refractivity contribution in [2.45, 2.75) is 0 Å². The van der Waals surface area contributed by atoms with E-state index in [-0.39, 0.29) is 5.91 Å². The van der Waals surface area contributed by atoms with Crippen LogP contribution >= 0.6 is 0 Å². The number of amides is 1. The van der Waals surface area contributed by atoms with E-state index in [0.717, 1.165) is 29.7 Å². The summed E-state index contributed by atoms with van der Waals surface area (Å²) in [6, 6.07) is 7.70. The molecule has 0 aliphatic carbocycles. The van der Waals surface area contributed by atoms with Gasteiger partial charge in [0.2, 0.25) is 5.91 Å². The van der Waals surface area contributed by atoms with Crippen LogP contribution in [0.5, 0.6) is 0 Å². The third kappa shape index (κ3) is 1.97. The predicted octanol–water partition coefficient (Wildman–Crippen LogP) is 1.10. The van der Waals surface area contributed by atoms with Gasteiger partial charge in [-0.25, -0.2) is 0 Å². The fraction of sp³-hybridized carbons (Fsp3) is 0.286. The van der Waals surface area contributed by atoms with Crippen LogP contribution in [0.15, 0.2) is 30.5 Å². The summed E-state index contributed by atoms with van der Waals surface area (Å²) in [5.41, 5.74) is 8.44. The molecule has 5 heteroatoms. The summed E-state index contributed by atoms with van der Waals surface area (Å²) in [6.45, 7) is 1.98. The zero-order valence-electron chi connectivity index (χ0n) is 10.8. The van der Waals surface area contributed by atoms with Crippen molar-refractivity contribution in [1.82, 2.24) is 9.88 Å². The van der Waals surface area contributed by atoms with Gasteiger partial charge in [0.05, 0.1) is 17.7 Å². The summed E-state index contributed by atoms with van der Waals surface area (Å²) in [6.07, 6.45) is 1.75. The van der Waals surface area contributed by atoms with Crippen molar-refractivity contribution in [3.8, 4) is 0 Å². The number of benzene rings is 1. The number of fused-ring (bicyclic) bond motifs is 1. The minimum absolute atomic E-state index is 0.139. The van der Waals surface area contributed by atoms with E-state index >= 15 is 0 Å². The maximum atomic E-state index is 11.8. The zero-order valence-corrected chi connectivity index (χ0v) is 10.8. The lowest BCUT2D eigenvalue weighted by Gasteiger charge is -2.34. The Kier molecular flexibility index (Phi) is 2.74. The van der Waals surface area contributed by atoms with Crippen LogP contribution in [-0.4, -0.2) is 42.5 Å². The molecule has 0 bridgehead atoms. The van der Waals surface area contributed by atoms with Gasteiger partial charge in [0.1, 0.15) is 0 Å². The van der Waals surface area contributed by atoms with Crippen LogP contribution in [0.2, 0.25) is 0 Å². The van der Waals surface area contributed by atoms with Gasteiger partial charge >= 0.3 is 0 Å². The number of hydrogen-bond acceptors (Lipinski definition) is 4. The summed E-state index contributed by atoms with van der Waals surface area (Å²) in [4.78, 5) is 20.0. The highest BCUT2D eigenvalue weighted by molar-refractivity contribution is 5.99. The van der Waals surface area contributed by atoms with Crippen LogP contribution in [0.3, 0.4) is 0 Å². The van der Waals surface area contributed by atoms with Crippen molar-refractivity contribution in [2.75, 3.05) is 37.3 Å². The van der Waals surface area contributed by atoms with Crippen molar-refractivity contribution in [3.63, 3.8) is 0 Å². The average Bonchev–Trinajstić information content (AvgIpc) is 2.42. The number of anilines is 2. The number of rotatable bonds is 1. The van der Waals surface area contributed by atoms with Crippen LogP contribution in [0.1, 0.15) is 0 Å². The molecule has 0 spiro atoms. The Labute approximate surface area is 111 Å². The average molecular weight is 256 g/mol. The molecular formula is C14H16N4O. The second-order valence-corrected chi connectivity index (χ2v) is 4.81. The van der Waals surface area contributed by atoms with Crippen molar-refractivity contribution >= 4 is 28.2 Å². The molecule has 1 aromatic heterocycles. The maximum absolute atomic E-state index is 11.8. The maximum Gasteiger partial charge on any atom is 0.241 e. The molecule has 0 atom stereocenters. The zero-order chi connectivity index (χ0) is 13.4. The molecule has 2 aromatic rings. The van der Waals surface area contributed by atoms with Gasteiger partial charge in [0.15, 0.2) is 0 Å². The van der Waals surface area contributed by atoms with Crippen molar-refractivity contribution in [3.05, 3.63) is 30.5 Å². The van der Waals surface area contributed by atoms with E-state index in [4.69, 9.17) is 5.73 Å². The minimum Gasteiger partial charge on any atom is -0.397 e. The van der Waals surface area contributed by atoms with Crippen LogP contribution in [0, 0.1) is 0 Å². The lowest BCUT2D eigenvalue weighted by Crippen LogP contribution is -2.48. The molecule has 0 unspecified atom stereocenters. The van der Waals surface area contributed by atoms with Crippen molar-refractivity contribution in [1.29, 1.82) is 0 Å². The molecule has 3 rings (SSSR count). The molecule has 2 N–H and O–H groups in total. The van der Waals surface area contributed by atoms with Gasteiger partial charge in [-0.1, -0.05) is 12.1 Å². The highest BCUT2D eigenvalue weighted by Gasteiger charge is 2.22. The van der Waals surface area contributed by atoms with Crippen molar-refractivity contribution < 1.29 is 4.79 Å². The topological polar surface area (TPSA) is 62.5 Å². The molecule has 1 fully saturated rings. The van der Waals surface area contributed by atoms with E-state index in [1.54, 1.807) is 11.1 Å². The number of carbonyl (C=O) groups excluding carboxylic acids is 1. The predicted molar refractivity (Wildman–Crippen MR) is 76.0 cm³/mol. The van der Waals surface area contributed by atoms with E-state index < -0.39 is 0 Å². The van der Waals surface area contributed by atoms with E-state index in [9.17, 15) is 4.79 Å². The summed E-state index contributed by atoms with van der Waals surface area (Å²) in [7, 11) is 1.84. The number of likely N-dealkylation sites (N-methyl/N-ethyl adjacent to an activating group) is 1. The normalized spacial score (nSPS) is 16.2. The summed E-state index contributed by atoms with van der Waals surface area (Å²) >= 11 is 0. The van der Waals surface area contributed by atoms with Gasteiger partial charge in [0, 0.05) is 37.4 Å². The Balaban J connectivity index is 2.06. The van der Waals surface area contributed by atoms with Gasteiger partial charge in [-0.05, 0) is 12.1 Å². The van der Waals surface area contributed by atoms with E-state index in [2.05, 4.69) is 9.88 Å². The standard InChI is InChI=1S/C14H16N4O/c1-17-7-8-18(9-13(17)19)12-5-6-16-14-10(12)3-2-4-11(14)15/h2-6H,7-9,15H2,1H3. The molecule has 1 aliphatic rings. The summed E-state index contributed by atoms with van der Waals surface area (Å²) in [5, 5.41) is 1.000. The molecule has 1 aliphatic heterocycles. The third-order valence-corrected chi connectivity index (χ3v) is 3.58. The lowest BCUT2D eigenvalue weighted by molar-refractivity contribution is -0.129. The summed E-state index contributed by atoms with van der Waals surface area (Å²) < 4.78 is 0. The molecule has 5 nitrogen and oxygen atoms in total. The number of nitrogens with two attached hydrogens (primary N) is 1. The van der Waals surface area contributed by atoms with Crippen molar-refractivity contribution in [2.24, 2.45) is 0 Å². The Morgan fingerprint density at radius 2 is 2.11 bits per heavy atom. The third-order valence-electron chi connectivity index (χ3n) is 3.58. The molecule has 1 saturated heterocycles. The Morgan fingerprint density at radius 3 is 2.89 bits per heavy atom. The lowest BCUT2D eigenvalue weighted by atomic mass is 10.1. The second kappa shape index (κ2) is 4.42. The fourth-order valence-electron chi connectivity index (χ4n) is 2.42. The first-order chi connectivity index (χ1) is 9.16. The number of carbonyl (C=O) groups is 1. The van der Waals surface area contributed by atoms with Gasteiger partial charge in [-0.2, -0.15) is 0 Å². The number of hydrogen-bond donors (Lipinski definition) is 1. The number of nitrogens with zero attached hydrogens (tertiary/aromatic N) is 3. The van der Waals surface area contributed by atoms with Crippen LogP contribution in [-0.2, 0) is 4.79 Å². The number of nitrogen functional groups attached to an aromatic ring is 1. The largest absolute Gasteiger partial charge is 0.397 e. The molecule has 1 amide bonds. The SMILES string of the molecule is CN1CCN(c2ccnc3c(N)cccc23)CC1=O. The van der Waals surface area contributed by atoms with E-state index in [1.807, 2.05) is 31.3 Å². The molecular weight excluding hydrogens is 240 g/mol. The minimum atomic E-state index is 0.139. The highest BCUT2D eigenvalue weighted by atomic mass is 16.2. The van der Waals surface area contributed by atoms with Gasteiger partial charge in [-0.15, -0.1) is 0 Å². The molecule has 98 valence electrons. The van der Waals surface area contributed by atoms with Gasteiger partial charge < -0.3 is 15.5 Å². The van der Waals surface area contributed by atoms with E-state index in [1.165, 1.54) is 0 Å². The Morgan fingerprint density at radius 1 is 1.26 bits per heavy atom. The van der Waals surface area contributed by atoms with Crippen LogP contribution in [0.4, 0.5) is 11.4 Å². The Bertz CT molecular complexity index is 640. The first-order valence-corrected chi connectivity index (χ1v) is 6.29. The molecule has 0 saturated carbocycles. The molecule has 0 radical (unpaired) electrons. The quantitative estimate of drug-likeness (QED) is 0.776. The molecule has 2 heterocycles. The van der Waals surface area contributed by atoms with E-state index in [0.29, 0.717) is 12.2 Å². The molecule has 19 heavy (non-hydrogen) atoms. The Hall–Kier alpha value is -2.30. The summed E-state index contributed by atoms with van der Waals surface area (Å²) in [5.74, 6) is 0.139. The smallest absolute Gasteiger partial charge is 0.241 e. The number of piperazine rings is 1. The second-order valence-electron chi connectivity index (χ2n) is 4.81. The number of pyridine rings is 1. The number of para-hydroxylation sites is 1. The first-order valence-electron chi connectivity index (χ1n) is 6.29. The highest BCUT2D eigenvalue weighted by Crippen LogP contribution is 2.29. The monoisotopic (exact) mass is 256 g/mol. The van der Waals surface area contributed by atoms with Gasteiger partial charge in [0.25, 0.3) is 0 Å². The van der Waals surface area contributed by atoms with Crippen LogP contribution in [0.25, 0.3) is 10.9 Å². The molecule has 1 aromatic carbocycles. The van der Waals surface area contributed by atoms with Crippen LogP contribution < -0.4 is 10.6 Å². The first kappa shape index (κ1) is 11.8. The fourth-order valence-corrected chi connectivity index (χ4v) is 2.42. The van der Waals surface area contributed by atoms with Gasteiger partial charge in [-0.3, -0.25) is 9.78 Å².